The molecule has 118 valence electrons. The molecule has 2 rings (SSSR count). The maximum Gasteiger partial charge on any atom is -0.0294 e. The van der Waals surface area contributed by atoms with Crippen LogP contribution in [0.2, 0.25) is 0 Å². The molecule has 0 N–H and O–H groups in total. The summed E-state index contributed by atoms with van der Waals surface area (Å²) < 4.78 is 0. The quantitative estimate of drug-likeness (QED) is 0.378. The van der Waals surface area contributed by atoms with E-state index in [0.29, 0.717) is 0 Å². The van der Waals surface area contributed by atoms with Gasteiger partial charge in [0.1, 0.15) is 0 Å². The Hall–Kier alpha value is 0. The van der Waals surface area contributed by atoms with Gasteiger partial charge < -0.3 is 0 Å². The molecular formula is C20H38. The Morgan fingerprint density at radius 3 is 2.55 bits per heavy atom. The number of unbranched alkanes of at least 4 members (excludes halogenated alkanes) is 5. The summed E-state index contributed by atoms with van der Waals surface area (Å²) in [7, 11) is 0. The summed E-state index contributed by atoms with van der Waals surface area (Å²) in [5.74, 6) is 3.19. The van der Waals surface area contributed by atoms with Crippen LogP contribution in [0.15, 0.2) is 0 Å². The van der Waals surface area contributed by atoms with E-state index in [4.69, 9.17) is 0 Å². The van der Waals surface area contributed by atoms with E-state index in [1.54, 1.807) is 12.8 Å². The third-order valence-corrected chi connectivity index (χ3v) is 6.40. The molecule has 2 aliphatic carbocycles. The second-order valence-corrected chi connectivity index (χ2v) is 8.43. The highest BCUT2D eigenvalue weighted by Gasteiger charge is 2.52. The van der Waals surface area contributed by atoms with Crippen molar-refractivity contribution in [1.29, 1.82) is 0 Å². The van der Waals surface area contributed by atoms with E-state index < -0.39 is 0 Å². The average Bonchev–Trinajstić information content (AvgIpc) is 3.11. The Kier molecular flexibility index (Phi) is 6.43. The van der Waals surface area contributed by atoms with Crippen LogP contribution < -0.4 is 0 Å². The normalized spacial score (nSPS) is 33.8. The summed E-state index contributed by atoms with van der Waals surface area (Å²) in [4.78, 5) is 0. The van der Waals surface area contributed by atoms with Crippen molar-refractivity contribution < 1.29 is 0 Å². The molecular weight excluding hydrogens is 240 g/mol. The van der Waals surface area contributed by atoms with Crippen LogP contribution in [0, 0.1) is 23.2 Å². The Morgan fingerprint density at radius 2 is 1.80 bits per heavy atom. The first kappa shape index (κ1) is 16.4. The molecule has 0 bridgehead atoms. The first-order valence-electron chi connectivity index (χ1n) is 9.64. The molecule has 2 aliphatic rings. The van der Waals surface area contributed by atoms with Gasteiger partial charge in [-0.1, -0.05) is 78.6 Å². The van der Waals surface area contributed by atoms with E-state index in [2.05, 4.69) is 20.8 Å². The lowest BCUT2D eigenvalue weighted by Crippen LogP contribution is -2.14. The number of hydrogen-bond donors (Lipinski definition) is 0. The third kappa shape index (κ3) is 5.08. The molecule has 2 fully saturated rings. The average molecular weight is 279 g/mol. The molecule has 0 saturated heterocycles. The van der Waals surface area contributed by atoms with Gasteiger partial charge in [0.25, 0.3) is 0 Å². The van der Waals surface area contributed by atoms with Crippen LogP contribution in [0.3, 0.4) is 0 Å². The summed E-state index contributed by atoms with van der Waals surface area (Å²) in [6, 6.07) is 0. The first-order valence-corrected chi connectivity index (χ1v) is 9.64. The standard InChI is InChI=1S/C20H38/c1-4-5-6-7-8-9-10-17(2)11-12-18-13-14-20(3)16-19(20)15-18/h17-19H,4-16H2,1-3H3. The van der Waals surface area contributed by atoms with Crippen molar-refractivity contribution in [3.8, 4) is 0 Å². The molecule has 4 unspecified atom stereocenters. The monoisotopic (exact) mass is 278 g/mol. The Morgan fingerprint density at radius 1 is 1.05 bits per heavy atom. The van der Waals surface area contributed by atoms with Crippen LogP contribution in [0.5, 0.6) is 0 Å². The fourth-order valence-electron chi connectivity index (χ4n) is 4.43. The van der Waals surface area contributed by atoms with Crippen molar-refractivity contribution >= 4 is 0 Å². The van der Waals surface area contributed by atoms with Crippen LogP contribution in [0.4, 0.5) is 0 Å². The van der Waals surface area contributed by atoms with Gasteiger partial charge >= 0.3 is 0 Å². The lowest BCUT2D eigenvalue weighted by Gasteiger charge is -2.26. The number of rotatable bonds is 10. The highest BCUT2D eigenvalue weighted by atomic mass is 14.6. The Labute approximate surface area is 128 Å². The fraction of sp³-hybridized carbons (Fsp3) is 1.00. The smallest absolute Gasteiger partial charge is 0.0294 e. The van der Waals surface area contributed by atoms with Gasteiger partial charge in [-0.05, 0) is 48.9 Å². The summed E-state index contributed by atoms with van der Waals surface area (Å²) in [6.07, 6.45) is 19.4. The predicted octanol–water partition coefficient (Wildman–Crippen LogP) is 6.98. The molecule has 0 aromatic rings. The van der Waals surface area contributed by atoms with E-state index >= 15 is 0 Å². The molecule has 0 heterocycles. The summed E-state index contributed by atoms with van der Waals surface area (Å²) in [5, 5.41) is 0. The van der Waals surface area contributed by atoms with Crippen LogP contribution in [0.1, 0.15) is 104 Å². The lowest BCUT2D eigenvalue weighted by atomic mass is 9.79. The van der Waals surface area contributed by atoms with Gasteiger partial charge in [-0.15, -0.1) is 0 Å². The third-order valence-electron chi connectivity index (χ3n) is 6.40. The Bertz CT molecular complexity index is 269. The van der Waals surface area contributed by atoms with Crippen LogP contribution in [-0.4, -0.2) is 0 Å². The first-order chi connectivity index (χ1) is 9.64. The molecule has 0 radical (unpaired) electrons. The molecule has 2 saturated carbocycles. The summed E-state index contributed by atoms with van der Waals surface area (Å²) in [5.41, 5.74) is 0.806. The van der Waals surface area contributed by atoms with Crippen molar-refractivity contribution in [2.45, 2.75) is 104 Å². The van der Waals surface area contributed by atoms with Gasteiger partial charge in [0, 0.05) is 0 Å². The second kappa shape index (κ2) is 7.85. The van der Waals surface area contributed by atoms with Crippen LogP contribution >= 0.6 is 0 Å². The van der Waals surface area contributed by atoms with E-state index in [1.807, 2.05) is 0 Å². The predicted molar refractivity (Wildman–Crippen MR) is 89.9 cm³/mol. The molecule has 0 aromatic carbocycles. The molecule has 0 amide bonds. The zero-order chi connectivity index (χ0) is 14.4. The summed E-state index contributed by atoms with van der Waals surface area (Å²) >= 11 is 0. The minimum absolute atomic E-state index is 0.806. The minimum Gasteiger partial charge on any atom is -0.0654 e. The van der Waals surface area contributed by atoms with Crippen molar-refractivity contribution in [3.05, 3.63) is 0 Å². The van der Waals surface area contributed by atoms with Gasteiger partial charge in [-0.3, -0.25) is 0 Å². The molecule has 0 nitrogen and oxygen atoms in total. The van der Waals surface area contributed by atoms with Gasteiger partial charge in [0.15, 0.2) is 0 Å². The van der Waals surface area contributed by atoms with Gasteiger partial charge in [0.05, 0.1) is 0 Å². The molecule has 0 aliphatic heterocycles. The van der Waals surface area contributed by atoms with Gasteiger partial charge in [-0.2, -0.15) is 0 Å². The number of hydrogen-bond acceptors (Lipinski definition) is 0. The molecule has 0 spiro atoms. The van der Waals surface area contributed by atoms with E-state index in [1.165, 1.54) is 70.6 Å². The zero-order valence-corrected chi connectivity index (χ0v) is 14.4. The lowest BCUT2D eigenvalue weighted by molar-refractivity contribution is 0.251. The van der Waals surface area contributed by atoms with E-state index in [-0.39, 0.29) is 0 Å². The SMILES string of the molecule is CCCCCCCCC(C)CCC1CCC2(C)CC2C1. The van der Waals surface area contributed by atoms with Crippen LogP contribution in [-0.2, 0) is 0 Å². The Balaban J connectivity index is 1.45. The molecule has 0 aromatic heterocycles. The maximum atomic E-state index is 2.52. The van der Waals surface area contributed by atoms with E-state index in [0.717, 1.165) is 23.2 Å². The van der Waals surface area contributed by atoms with Gasteiger partial charge in [-0.25, -0.2) is 0 Å². The highest BCUT2D eigenvalue weighted by Crippen LogP contribution is 2.62. The topological polar surface area (TPSA) is 0 Å². The maximum absolute atomic E-state index is 2.52. The molecule has 4 atom stereocenters. The highest BCUT2D eigenvalue weighted by molar-refractivity contribution is 5.02. The molecule has 0 heteroatoms. The molecule has 20 heavy (non-hydrogen) atoms. The minimum atomic E-state index is 0.806. The fourth-order valence-corrected chi connectivity index (χ4v) is 4.43. The zero-order valence-electron chi connectivity index (χ0n) is 14.4. The van der Waals surface area contributed by atoms with Gasteiger partial charge in [0.2, 0.25) is 0 Å². The second-order valence-electron chi connectivity index (χ2n) is 8.43. The van der Waals surface area contributed by atoms with Crippen LogP contribution in [0.25, 0.3) is 0 Å². The van der Waals surface area contributed by atoms with Crippen molar-refractivity contribution in [1.82, 2.24) is 0 Å². The number of fused-ring (bicyclic) bond motifs is 1. The van der Waals surface area contributed by atoms with Crippen molar-refractivity contribution in [2.24, 2.45) is 23.2 Å². The van der Waals surface area contributed by atoms with Crippen molar-refractivity contribution in [2.75, 3.05) is 0 Å². The largest absolute Gasteiger partial charge is 0.0654 e. The van der Waals surface area contributed by atoms with Crippen molar-refractivity contribution in [3.63, 3.8) is 0 Å². The van der Waals surface area contributed by atoms with E-state index in [9.17, 15) is 0 Å². The summed E-state index contributed by atoms with van der Waals surface area (Å²) in [6.45, 7) is 7.32.